The summed E-state index contributed by atoms with van der Waals surface area (Å²) in [4.78, 5) is 19.1. The Kier molecular flexibility index (Phi) is 4.18. The highest BCUT2D eigenvalue weighted by Crippen LogP contribution is 2.35. The lowest BCUT2D eigenvalue weighted by atomic mass is 10.3. The average molecular weight is 369 g/mol. The molecule has 0 spiro atoms. The van der Waals surface area contributed by atoms with E-state index in [4.69, 9.17) is 13.7 Å². The first-order valence-electron chi connectivity index (χ1n) is 7.87. The SMILES string of the molecule is COc1cccc2sc(N(Cc3ccco3)C(=O)c3cc(C)no3)nc12. The number of aromatic nitrogens is 2. The summed E-state index contributed by atoms with van der Waals surface area (Å²) in [6.07, 6.45) is 1.57. The van der Waals surface area contributed by atoms with E-state index in [1.165, 1.54) is 16.2 Å². The van der Waals surface area contributed by atoms with E-state index in [-0.39, 0.29) is 18.2 Å². The summed E-state index contributed by atoms with van der Waals surface area (Å²) in [7, 11) is 1.59. The van der Waals surface area contributed by atoms with Crippen LogP contribution < -0.4 is 9.64 Å². The van der Waals surface area contributed by atoms with Gasteiger partial charge in [-0.1, -0.05) is 22.6 Å². The molecule has 0 unspecified atom stereocenters. The third-order valence-electron chi connectivity index (χ3n) is 3.80. The second kappa shape index (κ2) is 6.64. The maximum Gasteiger partial charge on any atom is 0.299 e. The first-order chi connectivity index (χ1) is 12.7. The maximum atomic E-state index is 13.0. The van der Waals surface area contributed by atoms with E-state index in [1.54, 1.807) is 38.5 Å². The van der Waals surface area contributed by atoms with Gasteiger partial charge in [-0.3, -0.25) is 9.69 Å². The molecule has 0 fully saturated rings. The number of ether oxygens (including phenoxy) is 1. The van der Waals surface area contributed by atoms with Gasteiger partial charge in [0.05, 0.1) is 30.3 Å². The van der Waals surface area contributed by atoms with Crippen molar-refractivity contribution in [3.63, 3.8) is 0 Å². The van der Waals surface area contributed by atoms with Crippen LogP contribution in [0.2, 0.25) is 0 Å². The van der Waals surface area contributed by atoms with Crippen molar-refractivity contribution in [2.75, 3.05) is 12.0 Å². The number of carbonyl (C=O) groups excluding carboxylic acids is 1. The second-order valence-corrected chi connectivity index (χ2v) is 6.62. The van der Waals surface area contributed by atoms with Crippen molar-refractivity contribution < 1.29 is 18.5 Å². The minimum absolute atomic E-state index is 0.153. The van der Waals surface area contributed by atoms with E-state index in [0.717, 1.165) is 4.70 Å². The Labute approximate surface area is 152 Å². The summed E-state index contributed by atoms with van der Waals surface area (Å²) in [6, 6.07) is 10.8. The lowest BCUT2D eigenvalue weighted by molar-refractivity contribution is 0.0947. The number of fused-ring (bicyclic) bond motifs is 1. The topological polar surface area (TPSA) is 81.6 Å². The smallest absolute Gasteiger partial charge is 0.299 e. The van der Waals surface area contributed by atoms with Crippen LogP contribution in [0.4, 0.5) is 5.13 Å². The van der Waals surface area contributed by atoms with Crippen molar-refractivity contribution in [2.45, 2.75) is 13.5 Å². The minimum atomic E-state index is -0.333. The van der Waals surface area contributed by atoms with Gasteiger partial charge < -0.3 is 13.7 Å². The largest absolute Gasteiger partial charge is 0.494 e. The van der Waals surface area contributed by atoms with Crippen LogP contribution in [0.3, 0.4) is 0 Å². The van der Waals surface area contributed by atoms with Gasteiger partial charge in [0.1, 0.15) is 17.0 Å². The normalized spacial score (nSPS) is 11.0. The van der Waals surface area contributed by atoms with Gasteiger partial charge >= 0.3 is 0 Å². The molecule has 0 atom stereocenters. The number of amides is 1. The molecule has 26 heavy (non-hydrogen) atoms. The number of furan rings is 1. The van der Waals surface area contributed by atoms with Crippen molar-refractivity contribution in [1.29, 1.82) is 0 Å². The summed E-state index contributed by atoms with van der Waals surface area (Å²) < 4.78 is 16.8. The van der Waals surface area contributed by atoms with E-state index in [2.05, 4.69) is 10.1 Å². The first kappa shape index (κ1) is 16.3. The monoisotopic (exact) mass is 369 g/mol. The molecular formula is C18H15N3O4S. The van der Waals surface area contributed by atoms with Gasteiger partial charge in [0.15, 0.2) is 5.13 Å². The van der Waals surface area contributed by atoms with Crippen LogP contribution in [0, 0.1) is 6.92 Å². The van der Waals surface area contributed by atoms with Gasteiger partial charge in [-0.05, 0) is 31.2 Å². The molecule has 8 heteroatoms. The molecule has 132 valence electrons. The molecule has 3 heterocycles. The van der Waals surface area contributed by atoms with E-state index in [1.807, 2.05) is 18.2 Å². The van der Waals surface area contributed by atoms with Crippen molar-refractivity contribution in [1.82, 2.24) is 10.1 Å². The van der Waals surface area contributed by atoms with Crippen molar-refractivity contribution in [3.05, 3.63) is 59.9 Å². The summed E-state index contributed by atoms with van der Waals surface area (Å²) in [5.41, 5.74) is 1.35. The molecule has 1 amide bonds. The number of para-hydroxylation sites is 1. The summed E-state index contributed by atoms with van der Waals surface area (Å²) in [5, 5.41) is 4.33. The third-order valence-corrected chi connectivity index (χ3v) is 4.84. The Balaban J connectivity index is 1.78. The Morgan fingerprint density at radius 2 is 2.19 bits per heavy atom. The van der Waals surface area contributed by atoms with Gasteiger partial charge in [-0.2, -0.15) is 0 Å². The zero-order chi connectivity index (χ0) is 18.1. The van der Waals surface area contributed by atoms with E-state index < -0.39 is 0 Å². The first-order valence-corrected chi connectivity index (χ1v) is 8.68. The highest BCUT2D eigenvalue weighted by molar-refractivity contribution is 7.22. The van der Waals surface area contributed by atoms with Crippen LogP contribution in [-0.2, 0) is 6.54 Å². The Hall–Kier alpha value is -3.13. The number of rotatable bonds is 5. The molecular weight excluding hydrogens is 354 g/mol. The highest BCUT2D eigenvalue weighted by atomic mass is 32.1. The van der Waals surface area contributed by atoms with E-state index >= 15 is 0 Å². The van der Waals surface area contributed by atoms with Crippen LogP contribution in [0.25, 0.3) is 10.2 Å². The fourth-order valence-corrected chi connectivity index (χ4v) is 3.55. The van der Waals surface area contributed by atoms with E-state index in [0.29, 0.717) is 27.9 Å². The molecule has 0 radical (unpaired) electrons. The maximum absolute atomic E-state index is 13.0. The van der Waals surface area contributed by atoms with Crippen molar-refractivity contribution >= 4 is 32.6 Å². The Morgan fingerprint density at radius 1 is 1.31 bits per heavy atom. The molecule has 0 N–H and O–H groups in total. The van der Waals surface area contributed by atoms with Gasteiger partial charge in [0.25, 0.3) is 5.91 Å². The molecule has 4 rings (SSSR count). The molecule has 4 aromatic rings. The molecule has 0 aliphatic rings. The number of carbonyl (C=O) groups is 1. The number of hydrogen-bond donors (Lipinski definition) is 0. The average Bonchev–Trinajstić information content (AvgIpc) is 3.38. The molecule has 3 aromatic heterocycles. The Bertz CT molecular complexity index is 1050. The zero-order valence-electron chi connectivity index (χ0n) is 14.1. The van der Waals surface area contributed by atoms with Crippen LogP contribution >= 0.6 is 11.3 Å². The number of benzene rings is 1. The summed E-state index contributed by atoms with van der Waals surface area (Å²) >= 11 is 1.40. The van der Waals surface area contributed by atoms with Gasteiger partial charge in [-0.25, -0.2) is 4.98 Å². The molecule has 1 aromatic carbocycles. The molecule has 0 aliphatic heterocycles. The molecule has 0 saturated heterocycles. The van der Waals surface area contributed by atoms with Gasteiger partial charge in [0, 0.05) is 6.07 Å². The fraction of sp³-hybridized carbons (Fsp3) is 0.167. The Morgan fingerprint density at radius 3 is 2.88 bits per heavy atom. The van der Waals surface area contributed by atoms with Crippen LogP contribution in [-0.4, -0.2) is 23.2 Å². The molecule has 7 nitrogen and oxygen atoms in total. The predicted molar refractivity (Wildman–Crippen MR) is 96.6 cm³/mol. The standard InChI is InChI=1S/C18H15N3O4S/c1-11-9-14(25-20-11)17(22)21(10-12-5-4-8-24-12)18-19-16-13(23-2)6-3-7-15(16)26-18/h3-9H,10H2,1-2H3. The predicted octanol–water partition coefficient (Wildman–Crippen LogP) is 4.04. The fourth-order valence-electron chi connectivity index (χ4n) is 2.57. The second-order valence-electron chi connectivity index (χ2n) is 5.61. The summed E-state index contributed by atoms with van der Waals surface area (Å²) in [5.74, 6) is 1.12. The van der Waals surface area contributed by atoms with Crippen molar-refractivity contribution in [2.24, 2.45) is 0 Å². The zero-order valence-corrected chi connectivity index (χ0v) is 14.9. The number of hydrogen-bond acceptors (Lipinski definition) is 7. The molecule has 0 saturated carbocycles. The third kappa shape index (κ3) is 2.95. The van der Waals surface area contributed by atoms with Crippen LogP contribution in [0.15, 0.2) is 51.6 Å². The van der Waals surface area contributed by atoms with Crippen molar-refractivity contribution in [3.8, 4) is 5.75 Å². The van der Waals surface area contributed by atoms with Gasteiger partial charge in [-0.15, -0.1) is 0 Å². The summed E-state index contributed by atoms with van der Waals surface area (Å²) in [6.45, 7) is 1.99. The molecule has 0 bridgehead atoms. The lowest BCUT2D eigenvalue weighted by Gasteiger charge is -2.16. The quantitative estimate of drug-likeness (QED) is 0.528. The number of anilines is 1. The molecule has 0 aliphatic carbocycles. The van der Waals surface area contributed by atoms with Crippen LogP contribution in [0.1, 0.15) is 22.0 Å². The van der Waals surface area contributed by atoms with E-state index in [9.17, 15) is 4.79 Å². The number of methoxy groups -OCH3 is 1. The highest BCUT2D eigenvalue weighted by Gasteiger charge is 2.26. The number of thiazole rings is 1. The minimum Gasteiger partial charge on any atom is -0.494 e. The lowest BCUT2D eigenvalue weighted by Crippen LogP contribution is -2.29. The van der Waals surface area contributed by atoms with Gasteiger partial charge in [0.2, 0.25) is 5.76 Å². The number of aryl methyl sites for hydroxylation is 1. The van der Waals surface area contributed by atoms with Crippen LogP contribution in [0.5, 0.6) is 5.75 Å². The number of nitrogens with zero attached hydrogens (tertiary/aromatic N) is 3.